The van der Waals surface area contributed by atoms with Crippen LogP contribution in [0, 0.1) is 11.3 Å². The molecule has 1 N–H and O–H groups in total. The van der Waals surface area contributed by atoms with Crippen LogP contribution in [0.5, 0.6) is 11.5 Å². The number of benzene rings is 1. The highest BCUT2D eigenvalue weighted by Crippen LogP contribution is 2.30. The van der Waals surface area contributed by atoms with Gasteiger partial charge >= 0.3 is 5.97 Å². The van der Waals surface area contributed by atoms with Crippen molar-refractivity contribution in [1.82, 2.24) is 5.32 Å². The summed E-state index contributed by atoms with van der Waals surface area (Å²) >= 11 is 1.28. The lowest BCUT2D eigenvalue weighted by atomic mass is 10.1. The molecule has 2 aromatic rings. The molecule has 0 aliphatic rings. The molecule has 1 aromatic carbocycles. The zero-order valence-electron chi connectivity index (χ0n) is 15.2. The van der Waals surface area contributed by atoms with Crippen LogP contribution in [0.25, 0.3) is 6.08 Å². The van der Waals surface area contributed by atoms with Gasteiger partial charge in [0, 0.05) is 6.54 Å². The topological polar surface area (TPSA) is 88.4 Å². The number of ether oxygens (including phenoxy) is 2. The van der Waals surface area contributed by atoms with Gasteiger partial charge in [0.2, 0.25) is 0 Å². The second kappa shape index (κ2) is 10.1. The zero-order chi connectivity index (χ0) is 19.6. The molecule has 0 aliphatic carbocycles. The molecule has 0 spiro atoms. The smallest absolute Gasteiger partial charge is 0.353 e. The molecule has 0 aliphatic heterocycles. The number of methoxy groups -OCH3 is 1. The van der Waals surface area contributed by atoms with Gasteiger partial charge in [-0.05, 0) is 41.6 Å². The summed E-state index contributed by atoms with van der Waals surface area (Å²) in [6, 6.07) is 10.2. The first-order valence-electron chi connectivity index (χ1n) is 8.42. The zero-order valence-corrected chi connectivity index (χ0v) is 16.0. The van der Waals surface area contributed by atoms with Crippen molar-refractivity contribution in [2.75, 3.05) is 13.7 Å². The lowest BCUT2D eigenvalue weighted by Gasteiger charge is -2.09. The van der Waals surface area contributed by atoms with E-state index in [2.05, 4.69) is 5.32 Å². The minimum absolute atomic E-state index is 0.00325. The number of carbonyl (C=O) groups is 2. The average molecular weight is 384 g/mol. The van der Waals surface area contributed by atoms with E-state index in [1.807, 2.05) is 13.0 Å². The Morgan fingerprint density at radius 3 is 2.74 bits per heavy atom. The third kappa shape index (κ3) is 5.69. The van der Waals surface area contributed by atoms with Crippen molar-refractivity contribution in [1.29, 1.82) is 5.26 Å². The van der Waals surface area contributed by atoms with Gasteiger partial charge in [0.25, 0.3) is 5.91 Å². The number of hydrogen-bond donors (Lipinski definition) is 1. The van der Waals surface area contributed by atoms with E-state index in [4.69, 9.17) is 9.47 Å². The monoisotopic (exact) mass is 384 g/mol. The van der Waals surface area contributed by atoms with Crippen molar-refractivity contribution in [3.63, 3.8) is 0 Å². The maximum atomic E-state index is 12.1. The number of esters is 1. The van der Waals surface area contributed by atoms with E-state index in [9.17, 15) is 14.9 Å². The first-order valence-corrected chi connectivity index (χ1v) is 9.30. The number of amides is 1. The highest BCUT2D eigenvalue weighted by molar-refractivity contribution is 7.12. The first kappa shape index (κ1) is 20.2. The summed E-state index contributed by atoms with van der Waals surface area (Å²) in [4.78, 5) is 24.6. The van der Waals surface area contributed by atoms with E-state index in [0.29, 0.717) is 22.7 Å². The predicted molar refractivity (Wildman–Crippen MR) is 104 cm³/mol. The van der Waals surface area contributed by atoms with Crippen LogP contribution >= 0.6 is 11.3 Å². The number of hydrogen-bond acceptors (Lipinski definition) is 6. The number of nitriles is 1. The van der Waals surface area contributed by atoms with E-state index in [1.54, 1.807) is 35.7 Å². The first-order chi connectivity index (χ1) is 13.1. The molecular weight excluding hydrogens is 364 g/mol. The van der Waals surface area contributed by atoms with Gasteiger partial charge in [0.1, 0.15) is 16.5 Å². The van der Waals surface area contributed by atoms with Crippen molar-refractivity contribution < 1.29 is 19.1 Å². The van der Waals surface area contributed by atoms with Crippen molar-refractivity contribution in [3.8, 4) is 17.6 Å². The van der Waals surface area contributed by atoms with Crippen LogP contribution in [0.2, 0.25) is 0 Å². The Morgan fingerprint density at radius 2 is 2.11 bits per heavy atom. The quantitative estimate of drug-likeness (QED) is 0.246. The molecule has 2 rings (SSSR count). The Hall–Kier alpha value is -3.11. The largest absolute Gasteiger partial charge is 0.493 e. The van der Waals surface area contributed by atoms with Crippen LogP contribution in [-0.4, -0.2) is 25.5 Å². The molecule has 0 radical (unpaired) electrons. The highest BCUT2D eigenvalue weighted by Gasteiger charge is 2.14. The van der Waals surface area contributed by atoms with Crippen LogP contribution in [0.4, 0.5) is 0 Å². The predicted octanol–water partition coefficient (Wildman–Crippen LogP) is 3.80. The van der Waals surface area contributed by atoms with Gasteiger partial charge in [-0.1, -0.05) is 25.5 Å². The molecule has 0 saturated carbocycles. The molecule has 1 heterocycles. The molecule has 0 unspecified atom stereocenters. The van der Waals surface area contributed by atoms with Gasteiger partial charge in [0.05, 0.1) is 7.11 Å². The normalized spacial score (nSPS) is 10.8. The number of nitrogens with zero attached hydrogens (tertiary/aromatic N) is 1. The third-order valence-electron chi connectivity index (χ3n) is 3.60. The Kier molecular flexibility index (Phi) is 7.59. The fraction of sp³-hybridized carbons (Fsp3) is 0.250. The van der Waals surface area contributed by atoms with E-state index < -0.39 is 11.9 Å². The number of nitrogens with one attached hydrogen (secondary N) is 1. The van der Waals surface area contributed by atoms with Crippen molar-refractivity contribution in [2.24, 2.45) is 0 Å². The Bertz CT molecular complexity index is 867. The summed E-state index contributed by atoms with van der Waals surface area (Å²) in [6.45, 7) is 2.54. The second-order valence-electron chi connectivity index (χ2n) is 5.56. The summed E-state index contributed by atoms with van der Waals surface area (Å²) in [5.41, 5.74) is 0.585. The molecular formula is C20H20N2O4S. The molecule has 0 atom stereocenters. The highest BCUT2D eigenvalue weighted by atomic mass is 32.1. The molecule has 0 bridgehead atoms. The molecule has 1 aromatic heterocycles. The Labute approximate surface area is 162 Å². The summed E-state index contributed by atoms with van der Waals surface area (Å²) in [5.74, 6) is -0.297. The maximum absolute atomic E-state index is 12.1. The van der Waals surface area contributed by atoms with E-state index in [0.717, 1.165) is 12.8 Å². The molecule has 6 nitrogen and oxygen atoms in total. The molecule has 140 valence electrons. The van der Waals surface area contributed by atoms with Gasteiger partial charge in [-0.15, -0.1) is 11.3 Å². The van der Waals surface area contributed by atoms with E-state index in [-0.39, 0.29) is 11.3 Å². The van der Waals surface area contributed by atoms with Crippen LogP contribution in [0.1, 0.15) is 35.0 Å². The van der Waals surface area contributed by atoms with Gasteiger partial charge in [-0.3, -0.25) is 4.79 Å². The summed E-state index contributed by atoms with van der Waals surface area (Å²) in [6.07, 6.45) is 3.27. The number of unbranched alkanes of at least 4 members (excludes halogenated alkanes) is 1. The SMILES string of the molecule is CCCCNC(=O)/C(C#N)=C/c1ccc(OC(=O)c2cccs2)c(OC)c1. The number of rotatable bonds is 8. The lowest BCUT2D eigenvalue weighted by molar-refractivity contribution is -0.117. The van der Waals surface area contributed by atoms with Crippen molar-refractivity contribution >= 4 is 29.3 Å². The van der Waals surface area contributed by atoms with Crippen LogP contribution < -0.4 is 14.8 Å². The van der Waals surface area contributed by atoms with Crippen molar-refractivity contribution in [3.05, 3.63) is 51.7 Å². The summed E-state index contributed by atoms with van der Waals surface area (Å²) < 4.78 is 10.6. The molecule has 0 fully saturated rings. The fourth-order valence-corrected chi connectivity index (χ4v) is 2.79. The molecule has 0 saturated heterocycles. The van der Waals surface area contributed by atoms with Crippen LogP contribution in [0.3, 0.4) is 0 Å². The maximum Gasteiger partial charge on any atom is 0.353 e. The van der Waals surface area contributed by atoms with Crippen LogP contribution in [-0.2, 0) is 4.79 Å². The standard InChI is InChI=1S/C20H20N2O4S/c1-3-4-9-22-19(23)15(13-21)11-14-7-8-16(17(12-14)25-2)26-20(24)18-6-5-10-27-18/h5-8,10-12H,3-4,9H2,1-2H3,(H,22,23)/b15-11+. The molecule has 27 heavy (non-hydrogen) atoms. The average Bonchev–Trinajstić information content (AvgIpc) is 3.22. The molecule has 7 heteroatoms. The van der Waals surface area contributed by atoms with Crippen molar-refractivity contribution in [2.45, 2.75) is 19.8 Å². The van der Waals surface area contributed by atoms with E-state index in [1.165, 1.54) is 24.5 Å². The van der Waals surface area contributed by atoms with E-state index >= 15 is 0 Å². The van der Waals surface area contributed by atoms with Gasteiger partial charge in [-0.25, -0.2) is 4.79 Å². The fourth-order valence-electron chi connectivity index (χ4n) is 2.19. The number of thiophene rings is 1. The van der Waals surface area contributed by atoms with Gasteiger partial charge in [0.15, 0.2) is 11.5 Å². The Morgan fingerprint density at radius 1 is 1.30 bits per heavy atom. The van der Waals surface area contributed by atoms with Crippen LogP contribution in [0.15, 0.2) is 41.3 Å². The lowest BCUT2D eigenvalue weighted by Crippen LogP contribution is -2.25. The number of carbonyl (C=O) groups excluding carboxylic acids is 2. The minimum atomic E-state index is -0.473. The van der Waals surface area contributed by atoms with Gasteiger partial charge in [-0.2, -0.15) is 5.26 Å². The summed E-state index contributed by atoms with van der Waals surface area (Å²) in [7, 11) is 1.45. The third-order valence-corrected chi connectivity index (χ3v) is 4.45. The Balaban J connectivity index is 2.17. The summed E-state index contributed by atoms with van der Waals surface area (Å²) in [5, 5.41) is 13.7. The van der Waals surface area contributed by atoms with Gasteiger partial charge < -0.3 is 14.8 Å². The molecule has 1 amide bonds. The second-order valence-corrected chi connectivity index (χ2v) is 6.50. The minimum Gasteiger partial charge on any atom is -0.493 e.